The lowest BCUT2D eigenvalue weighted by atomic mass is 10.3. The highest BCUT2D eigenvalue weighted by Crippen LogP contribution is 2.16. The third-order valence-electron chi connectivity index (χ3n) is 1.66. The number of nitrogen functional groups attached to an aromatic ring is 1. The smallest absolute Gasteiger partial charge is 0.312 e. The van der Waals surface area contributed by atoms with Gasteiger partial charge in [-0.2, -0.15) is 0 Å². The third kappa shape index (κ3) is 2.60. The lowest BCUT2D eigenvalue weighted by Crippen LogP contribution is -1.95. The van der Waals surface area contributed by atoms with Crippen molar-refractivity contribution >= 4 is 17.6 Å². The molecule has 5 nitrogen and oxygen atoms in total. The fourth-order valence-electron chi connectivity index (χ4n) is 1.00. The van der Waals surface area contributed by atoms with Gasteiger partial charge in [-0.15, -0.1) is 5.10 Å². The summed E-state index contributed by atoms with van der Waals surface area (Å²) in [5, 5.41) is 7.82. The molecule has 0 amide bonds. The summed E-state index contributed by atoms with van der Waals surface area (Å²) in [6, 6.07) is 7.01. The van der Waals surface area contributed by atoms with Gasteiger partial charge in [0.15, 0.2) is 6.61 Å². The number of hydrogen-bond acceptors (Lipinski definition) is 5. The molecule has 15 heavy (non-hydrogen) atoms. The number of benzene rings is 1. The summed E-state index contributed by atoms with van der Waals surface area (Å²) >= 11 is 5.72. The molecule has 0 unspecified atom stereocenters. The molecule has 1 aromatic heterocycles. The van der Waals surface area contributed by atoms with Crippen LogP contribution in [0.1, 0.15) is 5.89 Å². The van der Waals surface area contributed by atoms with Gasteiger partial charge in [-0.1, -0.05) is 16.7 Å². The number of ether oxygens (including phenoxy) is 1. The Hall–Kier alpha value is -1.75. The first kappa shape index (κ1) is 9.79. The number of aromatic nitrogens is 2. The molecule has 0 fully saturated rings. The molecule has 0 aliphatic heterocycles. The van der Waals surface area contributed by atoms with Crippen LogP contribution in [0.3, 0.4) is 0 Å². The summed E-state index contributed by atoms with van der Waals surface area (Å²) in [4.78, 5) is 0. The summed E-state index contributed by atoms with van der Waals surface area (Å²) in [6.07, 6.45) is 0. The van der Waals surface area contributed by atoms with Crippen molar-refractivity contribution < 1.29 is 9.15 Å². The molecule has 0 bridgehead atoms. The Labute approximate surface area is 90.8 Å². The van der Waals surface area contributed by atoms with Crippen molar-refractivity contribution in [3.05, 3.63) is 35.2 Å². The van der Waals surface area contributed by atoms with Crippen molar-refractivity contribution in [2.45, 2.75) is 6.61 Å². The molecule has 0 aliphatic rings. The van der Waals surface area contributed by atoms with Gasteiger partial charge < -0.3 is 14.9 Å². The summed E-state index contributed by atoms with van der Waals surface area (Å²) < 4.78 is 10.3. The highest BCUT2D eigenvalue weighted by atomic mass is 35.5. The normalized spacial score (nSPS) is 10.2. The van der Waals surface area contributed by atoms with Gasteiger partial charge in [0.25, 0.3) is 5.89 Å². The molecule has 0 radical (unpaired) electrons. The zero-order chi connectivity index (χ0) is 10.7. The molecule has 6 heteroatoms. The fraction of sp³-hybridized carbons (Fsp3) is 0.111. The summed E-state index contributed by atoms with van der Waals surface area (Å²) in [7, 11) is 0. The minimum absolute atomic E-state index is 0.0321. The molecule has 1 aromatic carbocycles. The maximum atomic E-state index is 5.72. The van der Waals surface area contributed by atoms with Crippen LogP contribution in [-0.4, -0.2) is 10.2 Å². The van der Waals surface area contributed by atoms with Crippen molar-refractivity contribution in [1.29, 1.82) is 0 Å². The quantitative estimate of drug-likeness (QED) is 0.863. The van der Waals surface area contributed by atoms with Gasteiger partial charge in [-0.3, -0.25) is 0 Å². The Morgan fingerprint density at radius 3 is 2.60 bits per heavy atom. The highest BCUT2D eigenvalue weighted by molar-refractivity contribution is 6.30. The van der Waals surface area contributed by atoms with E-state index in [9.17, 15) is 0 Å². The van der Waals surface area contributed by atoms with Gasteiger partial charge >= 0.3 is 6.01 Å². The highest BCUT2D eigenvalue weighted by Gasteiger charge is 2.03. The Bertz CT molecular complexity index is 441. The van der Waals surface area contributed by atoms with Gasteiger partial charge in [-0.25, -0.2) is 0 Å². The second kappa shape index (κ2) is 4.18. The van der Waals surface area contributed by atoms with Gasteiger partial charge in [0.2, 0.25) is 0 Å². The predicted molar refractivity (Wildman–Crippen MR) is 54.5 cm³/mol. The minimum atomic E-state index is 0.0321. The first-order valence-corrected chi connectivity index (χ1v) is 4.58. The van der Waals surface area contributed by atoms with Gasteiger partial charge in [-0.05, 0) is 24.3 Å². The average molecular weight is 226 g/mol. The maximum Gasteiger partial charge on any atom is 0.312 e. The molecule has 0 atom stereocenters. The van der Waals surface area contributed by atoms with Crippen LogP contribution in [0.4, 0.5) is 6.01 Å². The Morgan fingerprint density at radius 2 is 2.00 bits per heavy atom. The molecule has 0 saturated heterocycles. The van der Waals surface area contributed by atoms with Crippen molar-refractivity contribution in [2.24, 2.45) is 0 Å². The van der Waals surface area contributed by atoms with E-state index < -0.39 is 0 Å². The van der Waals surface area contributed by atoms with Crippen LogP contribution >= 0.6 is 11.6 Å². The van der Waals surface area contributed by atoms with E-state index in [4.69, 9.17) is 26.5 Å². The molecular weight excluding hydrogens is 218 g/mol. The number of anilines is 1. The van der Waals surface area contributed by atoms with E-state index in [0.717, 1.165) is 0 Å². The maximum absolute atomic E-state index is 5.72. The van der Waals surface area contributed by atoms with Crippen LogP contribution < -0.4 is 10.5 Å². The van der Waals surface area contributed by atoms with E-state index in [2.05, 4.69) is 10.2 Å². The monoisotopic (exact) mass is 225 g/mol. The third-order valence-corrected chi connectivity index (χ3v) is 1.91. The SMILES string of the molecule is Nc1nnc(COc2ccc(Cl)cc2)o1. The number of rotatable bonds is 3. The van der Waals surface area contributed by atoms with Crippen molar-refractivity contribution in [2.75, 3.05) is 5.73 Å². The van der Waals surface area contributed by atoms with Gasteiger partial charge in [0, 0.05) is 5.02 Å². The largest absolute Gasteiger partial charge is 0.484 e. The Kier molecular flexibility index (Phi) is 2.73. The average Bonchev–Trinajstić information content (AvgIpc) is 2.64. The van der Waals surface area contributed by atoms with Crippen LogP contribution in [0.2, 0.25) is 5.02 Å². The molecule has 2 aromatic rings. The second-order valence-corrected chi connectivity index (χ2v) is 3.21. The predicted octanol–water partition coefficient (Wildman–Crippen LogP) is 1.88. The lowest BCUT2D eigenvalue weighted by molar-refractivity contribution is 0.265. The van der Waals surface area contributed by atoms with Crippen molar-refractivity contribution in [3.8, 4) is 5.75 Å². The number of halogens is 1. The molecule has 2 rings (SSSR count). The second-order valence-electron chi connectivity index (χ2n) is 2.78. The molecule has 0 saturated carbocycles. The minimum Gasteiger partial charge on any atom is -0.484 e. The lowest BCUT2D eigenvalue weighted by Gasteiger charge is -2.02. The molecular formula is C9H8ClN3O2. The molecule has 2 N–H and O–H groups in total. The topological polar surface area (TPSA) is 74.2 Å². The number of nitrogens with two attached hydrogens (primary N) is 1. The Balaban J connectivity index is 1.96. The van der Waals surface area contributed by atoms with E-state index in [1.54, 1.807) is 24.3 Å². The molecule has 78 valence electrons. The summed E-state index contributed by atoms with van der Waals surface area (Å²) in [6.45, 7) is 0.186. The van der Waals surface area contributed by atoms with Crippen molar-refractivity contribution in [3.63, 3.8) is 0 Å². The Morgan fingerprint density at radius 1 is 1.27 bits per heavy atom. The van der Waals surface area contributed by atoms with Gasteiger partial charge in [0.05, 0.1) is 0 Å². The van der Waals surface area contributed by atoms with Crippen LogP contribution in [0, 0.1) is 0 Å². The van der Waals surface area contributed by atoms with E-state index >= 15 is 0 Å². The zero-order valence-corrected chi connectivity index (χ0v) is 8.44. The van der Waals surface area contributed by atoms with E-state index in [0.29, 0.717) is 16.7 Å². The van der Waals surface area contributed by atoms with Crippen LogP contribution in [-0.2, 0) is 6.61 Å². The summed E-state index contributed by atoms with van der Waals surface area (Å²) in [5.41, 5.74) is 5.25. The molecule has 0 spiro atoms. The standard InChI is InChI=1S/C9H8ClN3O2/c10-6-1-3-7(4-2-6)14-5-8-12-13-9(11)15-8/h1-4H,5H2,(H2,11,13). The van der Waals surface area contributed by atoms with Crippen molar-refractivity contribution in [1.82, 2.24) is 10.2 Å². The molecule has 1 heterocycles. The number of hydrogen-bond donors (Lipinski definition) is 1. The first-order chi connectivity index (χ1) is 7.24. The van der Waals surface area contributed by atoms with Crippen LogP contribution in [0.15, 0.2) is 28.7 Å². The van der Waals surface area contributed by atoms with E-state index in [1.165, 1.54) is 0 Å². The van der Waals surface area contributed by atoms with E-state index in [-0.39, 0.29) is 12.6 Å². The number of nitrogens with zero attached hydrogens (tertiary/aromatic N) is 2. The fourth-order valence-corrected chi connectivity index (χ4v) is 1.13. The first-order valence-electron chi connectivity index (χ1n) is 4.20. The van der Waals surface area contributed by atoms with Crippen LogP contribution in [0.5, 0.6) is 5.75 Å². The van der Waals surface area contributed by atoms with Gasteiger partial charge in [0.1, 0.15) is 5.75 Å². The van der Waals surface area contributed by atoms with E-state index in [1.807, 2.05) is 0 Å². The summed E-state index contributed by atoms with van der Waals surface area (Å²) in [5.74, 6) is 1.01. The van der Waals surface area contributed by atoms with Crippen LogP contribution in [0.25, 0.3) is 0 Å². The molecule has 0 aliphatic carbocycles. The zero-order valence-electron chi connectivity index (χ0n) is 7.68.